The number of aliphatic hydroxyl groups is 1. The molecule has 4 rings (SSSR count). The van der Waals surface area contributed by atoms with Crippen molar-refractivity contribution in [2.24, 2.45) is 28.4 Å². The standard InChI is InChI=1S/C19H30FNO/c1-17-9-10-19(20)15(14(17)5-6-16(17)21)4-3-12-11-13(22)7-8-18(12,19)2/h3,13-16,22H,4-11,21H2,1-2H3/t13-,14-,15-,16-,17-,18-,19+/m0/s1. The van der Waals surface area contributed by atoms with Crippen molar-refractivity contribution >= 4 is 0 Å². The van der Waals surface area contributed by atoms with Crippen LogP contribution in [-0.4, -0.2) is 22.9 Å². The Morgan fingerprint density at radius 1 is 1.14 bits per heavy atom. The van der Waals surface area contributed by atoms with E-state index in [1.807, 2.05) is 0 Å². The quantitative estimate of drug-likeness (QED) is 0.670. The van der Waals surface area contributed by atoms with Crippen molar-refractivity contribution in [2.75, 3.05) is 0 Å². The van der Waals surface area contributed by atoms with Crippen LogP contribution in [0.4, 0.5) is 4.39 Å². The maximum atomic E-state index is 16.4. The zero-order valence-corrected chi connectivity index (χ0v) is 13.9. The Balaban J connectivity index is 1.75. The second-order valence-electron chi connectivity index (χ2n) is 8.96. The summed E-state index contributed by atoms with van der Waals surface area (Å²) in [7, 11) is 0. The smallest absolute Gasteiger partial charge is 0.123 e. The van der Waals surface area contributed by atoms with Crippen molar-refractivity contribution in [1.29, 1.82) is 0 Å². The number of hydrogen-bond acceptors (Lipinski definition) is 2. The molecule has 0 radical (unpaired) electrons. The molecule has 3 saturated carbocycles. The lowest BCUT2D eigenvalue weighted by atomic mass is 9.46. The Hall–Kier alpha value is -0.410. The normalized spacial score (nSPS) is 57.6. The minimum atomic E-state index is -1.09. The van der Waals surface area contributed by atoms with E-state index in [9.17, 15) is 5.11 Å². The van der Waals surface area contributed by atoms with Gasteiger partial charge in [0.15, 0.2) is 0 Å². The van der Waals surface area contributed by atoms with E-state index in [-0.39, 0.29) is 28.9 Å². The maximum absolute atomic E-state index is 16.4. The van der Waals surface area contributed by atoms with Gasteiger partial charge >= 0.3 is 0 Å². The summed E-state index contributed by atoms with van der Waals surface area (Å²) in [5.74, 6) is 0.562. The summed E-state index contributed by atoms with van der Waals surface area (Å²) in [6, 6.07) is 0.244. The number of aliphatic hydroxyl groups excluding tert-OH is 1. The summed E-state index contributed by atoms with van der Waals surface area (Å²) in [6.45, 7) is 4.44. The molecule has 22 heavy (non-hydrogen) atoms. The molecule has 3 N–H and O–H groups in total. The summed E-state index contributed by atoms with van der Waals surface area (Å²) >= 11 is 0. The van der Waals surface area contributed by atoms with Crippen LogP contribution in [-0.2, 0) is 0 Å². The highest BCUT2D eigenvalue weighted by atomic mass is 19.1. The molecule has 0 aromatic carbocycles. The van der Waals surface area contributed by atoms with Gasteiger partial charge in [0.25, 0.3) is 0 Å². The van der Waals surface area contributed by atoms with Gasteiger partial charge in [0.05, 0.1) is 6.10 Å². The highest BCUT2D eigenvalue weighted by Crippen LogP contribution is 2.67. The molecule has 2 nitrogen and oxygen atoms in total. The van der Waals surface area contributed by atoms with Crippen molar-refractivity contribution in [2.45, 2.75) is 83.0 Å². The maximum Gasteiger partial charge on any atom is 0.123 e. The number of hydrogen-bond donors (Lipinski definition) is 2. The molecular weight excluding hydrogens is 277 g/mol. The third-order valence-electron chi connectivity index (χ3n) is 8.26. The second kappa shape index (κ2) is 4.57. The zero-order chi connectivity index (χ0) is 15.8. The molecule has 0 saturated heterocycles. The average Bonchev–Trinajstić information content (AvgIpc) is 2.77. The molecule has 0 amide bonds. The second-order valence-corrected chi connectivity index (χ2v) is 8.96. The molecule has 0 aromatic heterocycles. The first kappa shape index (κ1) is 15.1. The van der Waals surface area contributed by atoms with Crippen molar-refractivity contribution in [3.63, 3.8) is 0 Å². The fraction of sp³-hybridized carbons (Fsp3) is 0.895. The number of fused-ring (bicyclic) bond motifs is 5. The lowest BCUT2D eigenvalue weighted by molar-refractivity contribution is -0.135. The van der Waals surface area contributed by atoms with Crippen LogP contribution in [0.2, 0.25) is 0 Å². The molecule has 0 unspecified atom stereocenters. The first-order valence-corrected chi connectivity index (χ1v) is 9.13. The van der Waals surface area contributed by atoms with Gasteiger partial charge in [-0.25, -0.2) is 4.39 Å². The molecule has 3 fully saturated rings. The summed E-state index contributed by atoms with van der Waals surface area (Å²) in [6.07, 6.45) is 8.80. The molecule has 124 valence electrons. The minimum absolute atomic E-state index is 0.129. The molecule has 0 aliphatic heterocycles. The summed E-state index contributed by atoms with van der Waals surface area (Å²) < 4.78 is 16.4. The van der Waals surface area contributed by atoms with Gasteiger partial charge in [-0.05, 0) is 62.7 Å². The minimum Gasteiger partial charge on any atom is -0.393 e. The number of allylic oxidation sites excluding steroid dienone is 1. The zero-order valence-electron chi connectivity index (χ0n) is 13.9. The van der Waals surface area contributed by atoms with Crippen molar-refractivity contribution < 1.29 is 9.50 Å². The van der Waals surface area contributed by atoms with E-state index in [1.54, 1.807) is 0 Å². The van der Waals surface area contributed by atoms with Crippen molar-refractivity contribution in [3.8, 4) is 0 Å². The molecule has 0 heterocycles. The fourth-order valence-electron chi connectivity index (χ4n) is 6.57. The largest absolute Gasteiger partial charge is 0.393 e. The van der Waals surface area contributed by atoms with Gasteiger partial charge in [-0.2, -0.15) is 0 Å². The van der Waals surface area contributed by atoms with Crippen LogP contribution in [0.5, 0.6) is 0 Å². The highest BCUT2D eigenvalue weighted by Gasteiger charge is 2.66. The van der Waals surface area contributed by atoms with Crippen LogP contribution < -0.4 is 5.73 Å². The molecule has 7 atom stereocenters. The monoisotopic (exact) mass is 307 g/mol. The van der Waals surface area contributed by atoms with Crippen LogP contribution in [0.15, 0.2) is 11.6 Å². The third-order valence-corrected chi connectivity index (χ3v) is 8.26. The lowest BCUT2D eigenvalue weighted by Gasteiger charge is -2.61. The fourth-order valence-corrected chi connectivity index (χ4v) is 6.57. The number of alkyl halides is 1. The van der Waals surface area contributed by atoms with Crippen molar-refractivity contribution in [1.82, 2.24) is 0 Å². The van der Waals surface area contributed by atoms with Gasteiger partial charge in [0.2, 0.25) is 0 Å². The first-order valence-electron chi connectivity index (χ1n) is 9.13. The van der Waals surface area contributed by atoms with E-state index in [4.69, 9.17) is 5.73 Å². The first-order chi connectivity index (χ1) is 10.3. The van der Waals surface area contributed by atoms with Crippen LogP contribution in [0, 0.1) is 22.7 Å². The Morgan fingerprint density at radius 2 is 1.91 bits per heavy atom. The van der Waals surface area contributed by atoms with E-state index in [1.165, 1.54) is 5.57 Å². The van der Waals surface area contributed by atoms with Gasteiger partial charge in [-0.3, -0.25) is 0 Å². The van der Waals surface area contributed by atoms with Crippen LogP contribution >= 0.6 is 0 Å². The summed E-state index contributed by atoms with van der Waals surface area (Å²) in [5, 5.41) is 9.99. The van der Waals surface area contributed by atoms with Gasteiger partial charge in [-0.1, -0.05) is 25.5 Å². The Morgan fingerprint density at radius 3 is 2.68 bits per heavy atom. The highest BCUT2D eigenvalue weighted by molar-refractivity contribution is 5.31. The molecule has 0 aromatic rings. The summed E-state index contributed by atoms with van der Waals surface area (Å²) in [5.41, 5.74) is 6.28. The number of rotatable bonds is 0. The average molecular weight is 307 g/mol. The lowest BCUT2D eigenvalue weighted by Crippen LogP contribution is -2.61. The van der Waals surface area contributed by atoms with E-state index < -0.39 is 5.67 Å². The van der Waals surface area contributed by atoms with E-state index in [0.29, 0.717) is 18.8 Å². The predicted molar refractivity (Wildman–Crippen MR) is 86.0 cm³/mol. The number of halogens is 1. The molecule has 0 spiro atoms. The number of nitrogens with two attached hydrogens (primary N) is 1. The van der Waals surface area contributed by atoms with Gasteiger partial charge in [-0.15, -0.1) is 0 Å². The van der Waals surface area contributed by atoms with Gasteiger partial charge < -0.3 is 10.8 Å². The van der Waals surface area contributed by atoms with Crippen molar-refractivity contribution in [3.05, 3.63) is 11.6 Å². The van der Waals surface area contributed by atoms with Crippen LogP contribution in [0.1, 0.15) is 65.2 Å². The Kier molecular flexibility index (Phi) is 3.14. The third kappa shape index (κ3) is 1.67. The Bertz CT molecular complexity index is 520. The molecule has 0 bridgehead atoms. The van der Waals surface area contributed by atoms with Gasteiger partial charge in [0.1, 0.15) is 5.67 Å². The van der Waals surface area contributed by atoms with Crippen LogP contribution in [0.3, 0.4) is 0 Å². The topological polar surface area (TPSA) is 46.2 Å². The SMILES string of the molecule is C[C@]12CC[C@@]3(F)[C@@H](CC=C4C[C@@H](O)CC[C@@]43C)[C@@H]1CC[C@@H]2N. The predicted octanol–water partition coefficient (Wildman–Crippen LogP) is 3.73. The van der Waals surface area contributed by atoms with E-state index in [2.05, 4.69) is 19.9 Å². The molecular formula is C19H30FNO. The van der Waals surface area contributed by atoms with E-state index in [0.717, 1.165) is 38.5 Å². The van der Waals surface area contributed by atoms with E-state index >= 15 is 4.39 Å². The summed E-state index contributed by atoms with van der Waals surface area (Å²) in [4.78, 5) is 0. The molecule has 4 aliphatic rings. The van der Waals surface area contributed by atoms with Crippen LogP contribution in [0.25, 0.3) is 0 Å². The molecule has 3 heteroatoms. The Labute approximate surface area is 133 Å². The van der Waals surface area contributed by atoms with Gasteiger partial charge in [0, 0.05) is 17.4 Å². The molecule has 4 aliphatic carbocycles.